The normalized spacial score (nSPS) is 10.6. The number of nitrogens with zero attached hydrogens (tertiary/aromatic N) is 3. The van der Waals surface area contributed by atoms with Crippen LogP contribution in [0.1, 0.15) is 5.69 Å². The second-order valence-corrected chi connectivity index (χ2v) is 5.73. The van der Waals surface area contributed by atoms with Crippen molar-refractivity contribution in [3.8, 4) is 33.8 Å². The highest BCUT2D eigenvalue weighted by atomic mass is 16.3. The van der Waals surface area contributed by atoms with Crippen LogP contribution >= 0.6 is 0 Å². The Bertz CT molecular complexity index is 970. The van der Waals surface area contributed by atoms with Gasteiger partial charge in [0.15, 0.2) is 0 Å². The molecule has 0 saturated heterocycles. The highest BCUT2D eigenvalue weighted by Crippen LogP contribution is 2.37. The molecule has 0 unspecified atom stereocenters. The Balaban J connectivity index is 1.96. The quantitative estimate of drug-likeness (QED) is 0.509. The van der Waals surface area contributed by atoms with Crippen LogP contribution in [0.5, 0.6) is 0 Å². The van der Waals surface area contributed by atoms with Gasteiger partial charge in [-0.25, -0.2) is 4.98 Å². The molecule has 0 saturated carbocycles. The molecule has 26 heavy (non-hydrogen) atoms. The number of hydrogen-bond donors (Lipinski definition) is 0. The van der Waals surface area contributed by atoms with Crippen LogP contribution in [-0.2, 0) is 11.2 Å². The van der Waals surface area contributed by atoms with Crippen molar-refractivity contribution in [2.75, 3.05) is 0 Å². The average molecular weight is 341 g/mol. The lowest BCUT2D eigenvalue weighted by atomic mass is 9.97. The topological polar surface area (TPSA) is 68.9 Å². The summed E-state index contributed by atoms with van der Waals surface area (Å²) in [5, 5.41) is 8.54. The van der Waals surface area contributed by atoms with Crippen molar-refractivity contribution < 1.29 is 9.21 Å². The fraction of sp³-hybridized carbons (Fsp3) is 0.0476. The molecule has 5 nitrogen and oxygen atoms in total. The van der Waals surface area contributed by atoms with E-state index in [1.165, 1.54) is 6.26 Å². The smallest absolute Gasteiger partial charge is 0.229 e. The van der Waals surface area contributed by atoms with Gasteiger partial charge < -0.3 is 9.21 Å². The monoisotopic (exact) mass is 341 g/mol. The molecule has 0 radical (unpaired) electrons. The van der Waals surface area contributed by atoms with E-state index in [1.54, 1.807) is 6.20 Å². The van der Waals surface area contributed by atoms with Crippen LogP contribution in [0.4, 0.5) is 0 Å². The number of oxazole rings is 1. The van der Waals surface area contributed by atoms with Gasteiger partial charge >= 0.3 is 0 Å². The minimum absolute atomic E-state index is 0.212. The molecule has 0 aliphatic rings. The Labute approximate surface area is 150 Å². The van der Waals surface area contributed by atoms with Crippen LogP contribution in [-0.4, -0.2) is 21.5 Å². The van der Waals surface area contributed by atoms with Crippen molar-refractivity contribution in [2.45, 2.75) is 6.42 Å². The second-order valence-electron chi connectivity index (χ2n) is 5.73. The number of aldehydes is 1. The molecule has 4 aromatic rings. The minimum Gasteiger partial charge on any atom is -0.444 e. The van der Waals surface area contributed by atoms with E-state index in [0.717, 1.165) is 28.5 Å². The summed E-state index contributed by atoms with van der Waals surface area (Å²) in [4.78, 5) is 15.3. The van der Waals surface area contributed by atoms with Gasteiger partial charge in [0.2, 0.25) is 5.89 Å². The summed E-state index contributed by atoms with van der Waals surface area (Å²) in [6, 6.07) is 19.7. The fourth-order valence-corrected chi connectivity index (χ4v) is 2.84. The summed E-state index contributed by atoms with van der Waals surface area (Å²) in [6.07, 6.45) is 4.24. The predicted octanol–water partition coefficient (Wildman–Crippen LogP) is 4.21. The van der Waals surface area contributed by atoms with E-state index >= 15 is 0 Å². The van der Waals surface area contributed by atoms with E-state index in [1.807, 2.05) is 60.7 Å². The summed E-state index contributed by atoms with van der Waals surface area (Å²) in [5.74, 6) is 0.425. The van der Waals surface area contributed by atoms with Crippen molar-refractivity contribution in [1.29, 1.82) is 0 Å². The third kappa shape index (κ3) is 3.02. The van der Waals surface area contributed by atoms with Gasteiger partial charge in [-0.3, -0.25) is 0 Å². The molecule has 0 aliphatic carbocycles. The SMILES string of the molecule is O=CCc1coc(-c2c(-c3ccccc3)cnnc2-c2ccccc2)n1. The van der Waals surface area contributed by atoms with Gasteiger partial charge in [-0.15, -0.1) is 5.10 Å². The molecule has 0 aliphatic heterocycles. The minimum atomic E-state index is 0.212. The maximum Gasteiger partial charge on any atom is 0.229 e. The highest BCUT2D eigenvalue weighted by molar-refractivity contribution is 5.89. The fourth-order valence-electron chi connectivity index (χ4n) is 2.84. The second kappa shape index (κ2) is 7.11. The van der Waals surface area contributed by atoms with Gasteiger partial charge in [-0.2, -0.15) is 5.10 Å². The highest BCUT2D eigenvalue weighted by Gasteiger charge is 2.20. The van der Waals surface area contributed by atoms with E-state index in [-0.39, 0.29) is 6.42 Å². The number of benzene rings is 2. The lowest BCUT2D eigenvalue weighted by Gasteiger charge is -2.11. The van der Waals surface area contributed by atoms with E-state index in [4.69, 9.17) is 4.42 Å². The number of hydrogen-bond acceptors (Lipinski definition) is 5. The first-order chi connectivity index (χ1) is 12.9. The van der Waals surface area contributed by atoms with Gasteiger partial charge in [0, 0.05) is 17.5 Å². The number of carbonyl (C=O) groups is 1. The summed E-state index contributed by atoms with van der Waals surface area (Å²) < 4.78 is 5.69. The number of aromatic nitrogens is 3. The predicted molar refractivity (Wildman–Crippen MR) is 98.2 cm³/mol. The Morgan fingerprint density at radius 3 is 2.31 bits per heavy atom. The first-order valence-corrected chi connectivity index (χ1v) is 8.22. The molecule has 2 aromatic carbocycles. The Morgan fingerprint density at radius 2 is 1.62 bits per heavy atom. The maximum atomic E-state index is 10.8. The van der Waals surface area contributed by atoms with Gasteiger partial charge in [0.05, 0.1) is 17.5 Å². The van der Waals surface area contributed by atoms with Crippen molar-refractivity contribution in [3.63, 3.8) is 0 Å². The van der Waals surface area contributed by atoms with Crippen LogP contribution < -0.4 is 0 Å². The zero-order valence-corrected chi connectivity index (χ0v) is 13.9. The molecule has 0 fully saturated rings. The van der Waals surface area contributed by atoms with Gasteiger partial charge in [0.25, 0.3) is 0 Å². The van der Waals surface area contributed by atoms with Crippen LogP contribution in [0.15, 0.2) is 77.5 Å². The van der Waals surface area contributed by atoms with Crippen molar-refractivity contribution in [1.82, 2.24) is 15.2 Å². The molecule has 2 aromatic heterocycles. The van der Waals surface area contributed by atoms with Crippen LogP contribution in [0.25, 0.3) is 33.8 Å². The lowest BCUT2D eigenvalue weighted by molar-refractivity contribution is -0.107. The Morgan fingerprint density at radius 1 is 0.923 bits per heavy atom. The zero-order chi connectivity index (χ0) is 17.8. The third-order valence-electron chi connectivity index (χ3n) is 4.04. The molecule has 0 N–H and O–H groups in total. The first-order valence-electron chi connectivity index (χ1n) is 8.22. The molecule has 0 amide bonds. The molecule has 2 heterocycles. The Hall–Kier alpha value is -3.60. The van der Waals surface area contributed by atoms with Gasteiger partial charge in [-0.1, -0.05) is 60.7 Å². The first kappa shape index (κ1) is 15.9. The van der Waals surface area contributed by atoms with Crippen LogP contribution in [0.2, 0.25) is 0 Å². The summed E-state index contributed by atoms with van der Waals surface area (Å²) in [6.45, 7) is 0. The van der Waals surface area contributed by atoms with Crippen LogP contribution in [0, 0.1) is 0 Å². The summed E-state index contributed by atoms with van der Waals surface area (Å²) >= 11 is 0. The van der Waals surface area contributed by atoms with E-state index in [9.17, 15) is 4.79 Å². The lowest BCUT2D eigenvalue weighted by Crippen LogP contribution is -1.97. The molecule has 4 rings (SSSR count). The van der Waals surface area contributed by atoms with Crippen molar-refractivity contribution >= 4 is 6.29 Å². The Kier molecular flexibility index (Phi) is 4.35. The molecule has 0 bridgehead atoms. The third-order valence-corrected chi connectivity index (χ3v) is 4.04. The molecule has 126 valence electrons. The zero-order valence-electron chi connectivity index (χ0n) is 13.9. The molecule has 0 spiro atoms. The summed E-state index contributed by atoms with van der Waals surface area (Å²) in [7, 11) is 0. The molecule has 0 atom stereocenters. The standard InChI is InChI=1S/C21H15N3O2/c25-12-11-17-14-26-21(23-17)19-18(15-7-3-1-4-8-15)13-22-24-20(19)16-9-5-2-6-10-16/h1-10,12-14H,11H2. The van der Waals surface area contributed by atoms with Crippen molar-refractivity contribution in [2.24, 2.45) is 0 Å². The van der Waals surface area contributed by atoms with E-state index in [2.05, 4.69) is 15.2 Å². The van der Waals surface area contributed by atoms with E-state index in [0.29, 0.717) is 17.3 Å². The maximum absolute atomic E-state index is 10.8. The average Bonchev–Trinajstić information content (AvgIpc) is 3.17. The molecule has 5 heteroatoms. The largest absolute Gasteiger partial charge is 0.444 e. The molecular formula is C21H15N3O2. The number of rotatable bonds is 5. The van der Waals surface area contributed by atoms with Crippen molar-refractivity contribution in [3.05, 3.63) is 78.8 Å². The summed E-state index contributed by atoms with van der Waals surface area (Å²) in [5.41, 5.74) is 4.82. The van der Waals surface area contributed by atoms with Gasteiger partial charge in [0.1, 0.15) is 18.2 Å². The van der Waals surface area contributed by atoms with Gasteiger partial charge in [-0.05, 0) is 5.56 Å². The molecular weight excluding hydrogens is 326 g/mol. The number of carbonyl (C=O) groups excluding carboxylic acids is 1. The van der Waals surface area contributed by atoms with Crippen LogP contribution in [0.3, 0.4) is 0 Å². The van der Waals surface area contributed by atoms with E-state index < -0.39 is 0 Å².